The number of furan rings is 1. The molecule has 0 saturated carbocycles. The lowest BCUT2D eigenvalue weighted by molar-refractivity contribution is -0.114. The monoisotopic (exact) mass is 334 g/mol. The van der Waals surface area contributed by atoms with Crippen molar-refractivity contribution < 1.29 is 14.0 Å². The van der Waals surface area contributed by atoms with E-state index < -0.39 is 11.8 Å². The first kappa shape index (κ1) is 14.1. The molecule has 0 radical (unpaired) electrons. The molecule has 0 fully saturated rings. The Balaban J connectivity index is 2.21. The summed E-state index contributed by atoms with van der Waals surface area (Å²) in [6.07, 6.45) is 2.87. The third kappa shape index (κ3) is 3.58. The van der Waals surface area contributed by atoms with Gasteiger partial charge in [-0.3, -0.25) is 9.59 Å². The van der Waals surface area contributed by atoms with Crippen molar-refractivity contribution in [1.82, 2.24) is 5.32 Å². The maximum absolute atomic E-state index is 11.8. The van der Waals surface area contributed by atoms with Gasteiger partial charge in [-0.1, -0.05) is 28.1 Å². The number of hydrogen-bond donors (Lipinski definition) is 2. The smallest absolute Gasteiger partial charge is 0.291 e. The lowest BCUT2D eigenvalue weighted by Crippen LogP contribution is -2.30. The van der Waals surface area contributed by atoms with Gasteiger partial charge in [0.05, 0.1) is 6.26 Å². The zero-order valence-corrected chi connectivity index (χ0v) is 11.9. The Hall–Kier alpha value is -2.34. The molecule has 0 saturated heterocycles. The zero-order chi connectivity index (χ0) is 14.5. The zero-order valence-electron chi connectivity index (χ0n) is 10.3. The highest BCUT2D eigenvalue weighted by Crippen LogP contribution is 2.13. The summed E-state index contributed by atoms with van der Waals surface area (Å²) >= 11 is 3.31. The number of rotatable bonds is 4. The summed E-state index contributed by atoms with van der Waals surface area (Å²) in [6.45, 7) is 0. The van der Waals surface area contributed by atoms with E-state index in [0.29, 0.717) is 0 Å². The molecule has 2 aromatic rings. The average Bonchev–Trinajstić information content (AvgIpc) is 2.94. The normalized spacial score (nSPS) is 11.2. The fourth-order valence-electron chi connectivity index (χ4n) is 1.49. The van der Waals surface area contributed by atoms with Gasteiger partial charge in [0.2, 0.25) is 0 Å². The SMILES string of the molecule is NC(=O)/C(=C\c1ccc(Br)cc1)NC(=O)c1ccco1. The van der Waals surface area contributed by atoms with E-state index in [1.54, 1.807) is 18.2 Å². The third-order valence-corrected chi connectivity index (χ3v) is 2.97. The van der Waals surface area contributed by atoms with Crippen LogP contribution in [0.5, 0.6) is 0 Å². The van der Waals surface area contributed by atoms with Gasteiger partial charge >= 0.3 is 0 Å². The molecule has 2 rings (SSSR count). The van der Waals surface area contributed by atoms with Gasteiger partial charge in [0.25, 0.3) is 11.8 Å². The molecule has 0 atom stereocenters. The van der Waals surface area contributed by atoms with E-state index in [1.165, 1.54) is 18.4 Å². The molecule has 0 unspecified atom stereocenters. The summed E-state index contributed by atoms with van der Waals surface area (Å²) in [7, 11) is 0. The molecule has 102 valence electrons. The van der Waals surface area contributed by atoms with Crippen LogP contribution in [0.3, 0.4) is 0 Å². The molecule has 2 amide bonds. The molecule has 6 heteroatoms. The van der Waals surface area contributed by atoms with Crippen LogP contribution in [0.4, 0.5) is 0 Å². The molecular formula is C14H11BrN2O3. The quantitative estimate of drug-likeness (QED) is 0.841. The van der Waals surface area contributed by atoms with Gasteiger partial charge in [-0.15, -0.1) is 0 Å². The van der Waals surface area contributed by atoms with Crippen molar-refractivity contribution >= 4 is 33.8 Å². The molecule has 0 spiro atoms. The molecule has 5 nitrogen and oxygen atoms in total. The molecule has 0 aliphatic carbocycles. The van der Waals surface area contributed by atoms with E-state index in [1.807, 2.05) is 12.1 Å². The summed E-state index contributed by atoms with van der Waals surface area (Å²) in [5.41, 5.74) is 5.99. The van der Waals surface area contributed by atoms with Crippen LogP contribution in [0.2, 0.25) is 0 Å². The second-order valence-corrected chi connectivity index (χ2v) is 4.82. The Labute approximate surface area is 123 Å². The standard InChI is InChI=1S/C14H11BrN2O3/c15-10-5-3-9(4-6-10)8-11(13(16)18)17-14(19)12-2-1-7-20-12/h1-8H,(H2,16,18)(H,17,19)/b11-8+. The predicted octanol–water partition coefficient (Wildman–Crippen LogP) is 2.30. The molecular weight excluding hydrogens is 324 g/mol. The van der Waals surface area contributed by atoms with Gasteiger partial charge in [0.1, 0.15) is 5.70 Å². The molecule has 1 heterocycles. The maximum Gasteiger partial charge on any atom is 0.291 e. The molecule has 1 aromatic carbocycles. The number of carbonyl (C=O) groups is 2. The van der Waals surface area contributed by atoms with E-state index in [9.17, 15) is 9.59 Å². The van der Waals surface area contributed by atoms with Crippen molar-refractivity contribution in [1.29, 1.82) is 0 Å². The summed E-state index contributed by atoms with van der Waals surface area (Å²) in [6, 6.07) is 10.3. The van der Waals surface area contributed by atoms with Crippen molar-refractivity contribution in [3.63, 3.8) is 0 Å². The highest BCUT2D eigenvalue weighted by atomic mass is 79.9. The number of halogens is 1. The van der Waals surface area contributed by atoms with Gasteiger partial charge in [0, 0.05) is 4.47 Å². The van der Waals surface area contributed by atoms with Gasteiger partial charge < -0.3 is 15.5 Å². The fourth-order valence-corrected chi connectivity index (χ4v) is 1.75. The molecule has 3 N–H and O–H groups in total. The first-order valence-corrected chi connectivity index (χ1v) is 6.47. The summed E-state index contributed by atoms with van der Waals surface area (Å²) in [5.74, 6) is -1.15. The van der Waals surface area contributed by atoms with Gasteiger partial charge in [0.15, 0.2) is 5.76 Å². The topological polar surface area (TPSA) is 85.3 Å². The lowest BCUT2D eigenvalue weighted by atomic mass is 10.2. The summed E-state index contributed by atoms with van der Waals surface area (Å²) in [5, 5.41) is 2.42. The number of nitrogens with two attached hydrogens (primary N) is 1. The highest BCUT2D eigenvalue weighted by Gasteiger charge is 2.13. The Morgan fingerprint density at radius 3 is 2.45 bits per heavy atom. The summed E-state index contributed by atoms with van der Waals surface area (Å²) in [4.78, 5) is 23.2. The van der Waals surface area contributed by atoms with Crippen molar-refractivity contribution in [3.8, 4) is 0 Å². The Morgan fingerprint density at radius 1 is 1.20 bits per heavy atom. The summed E-state index contributed by atoms with van der Waals surface area (Å²) < 4.78 is 5.86. The van der Waals surface area contributed by atoms with Crippen molar-refractivity contribution in [3.05, 3.63) is 64.2 Å². The largest absolute Gasteiger partial charge is 0.459 e. The van der Waals surface area contributed by atoms with Gasteiger partial charge in [-0.25, -0.2) is 0 Å². The Kier molecular flexibility index (Phi) is 4.37. The fraction of sp³-hybridized carbons (Fsp3) is 0. The van der Waals surface area contributed by atoms with Crippen LogP contribution in [-0.4, -0.2) is 11.8 Å². The van der Waals surface area contributed by atoms with Crippen LogP contribution in [0.1, 0.15) is 16.1 Å². The van der Waals surface area contributed by atoms with E-state index in [4.69, 9.17) is 10.2 Å². The minimum atomic E-state index is -0.729. The average molecular weight is 335 g/mol. The predicted molar refractivity (Wildman–Crippen MR) is 77.5 cm³/mol. The maximum atomic E-state index is 11.8. The minimum absolute atomic E-state index is 0.00581. The number of benzene rings is 1. The molecule has 20 heavy (non-hydrogen) atoms. The van der Waals surface area contributed by atoms with Crippen molar-refractivity contribution in [2.75, 3.05) is 0 Å². The third-order valence-electron chi connectivity index (χ3n) is 2.44. The second kappa shape index (κ2) is 6.21. The first-order valence-electron chi connectivity index (χ1n) is 5.68. The molecule has 0 aliphatic heterocycles. The van der Waals surface area contributed by atoms with Crippen LogP contribution in [-0.2, 0) is 4.79 Å². The minimum Gasteiger partial charge on any atom is -0.459 e. The molecule has 0 aliphatic rings. The molecule has 1 aromatic heterocycles. The number of nitrogens with one attached hydrogen (secondary N) is 1. The van der Waals surface area contributed by atoms with E-state index in [0.717, 1.165) is 10.0 Å². The van der Waals surface area contributed by atoms with Gasteiger partial charge in [-0.05, 0) is 35.9 Å². The van der Waals surface area contributed by atoms with Gasteiger partial charge in [-0.2, -0.15) is 0 Å². The van der Waals surface area contributed by atoms with E-state index in [2.05, 4.69) is 21.2 Å². The van der Waals surface area contributed by atoms with E-state index >= 15 is 0 Å². The second-order valence-electron chi connectivity index (χ2n) is 3.91. The van der Waals surface area contributed by atoms with Crippen molar-refractivity contribution in [2.45, 2.75) is 0 Å². The van der Waals surface area contributed by atoms with Crippen LogP contribution in [0.25, 0.3) is 6.08 Å². The Morgan fingerprint density at radius 2 is 1.90 bits per heavy atom. The lowest BCUT2D eigenvalue weighted by Gasteiger charge is -2.05. The number of primary amides is 1. The van der Waals surface area contributed by atoms with E-state index in [-0.39, 0.29) is 11.5 Å². The number of amides is 2. The van der Waals surface area contributed by atoms with Crippen molar-refractivity contribution in [2.24, 2.45) is 5.73 Å². The Bertz CT molecular complexity index is 646. The van der Waals surface area contributed by atoms with Crippen LogP contribution in [0, 0.1) is 0 Å². The number of hydrogen-bond acceptors (Lipinski definition) is 3. The highest BCUT2D eigenvalue weighted by molar-refractivity contribution is 9.10. The van der Waals surface area contributed by atoms with Crippen LogP contribution in [0.15, 0.2) is 57.2 Å². The number of carbonyl (C=O) groups excluding carboxylic acids is 2. The van der Waals surface area contributed by atoms with Crippen LogP contribution < -0.4 is 11.1 Å². The first-order chi connectivity index (χ1) is 9.56. The molecule has 0 bridgehead atoms. The van der Waals surface area contributed by atoms with Crippen LogP contribution >= 0.6 is 15.9 Å².